The van der Waals surface area contributed by atoms with Gasteiger partial charge in [-0.3, -0.25) is 0 Å². The monoisotopic (exact) mass is 1000 g/mol. The normalized spacial score (nSPS) is 14.6. The number of hydrogen-bond donors (Lipinski definition) is 0. The molecule has 6 nitrogen and oxygen atoms in total. The summed E-state index contributed by atoms with van der Waals surface area (Å²) in [4.78, 5) is 8.40. The van der Waals surface area contributed by atoms with E-state index in [0.29, 0.717) is 39.7 Å². The molecule has 1 aliphatic rings. The van der Waals surface area contributed by atoms with E-state index in [0.717, 1.165) is 49.5 Å². The van der Waals surface area contributed by atoms with Gasteiger partial charge in [-0.2, -0.15) is 12.1 Å². The molecule has 7 heteroatoms. The van der Waals surface area contributed by atoms with E-state index in [1.807, 2.05) is 90.8 Å². The van der Waals surface area contributed by atoms with Crippen molar-refractivity contribution in [2.24, 2.45) is 0 Å². The summed E-state index contributed by atoms with van der Waals surface area (Å²) >= 11 is 0. The summed E-state index contributed by atoms with van der Waals surface area (Å²) in [5, 5.41) is 3.58. The van der Waals surface area contributed by atoms with Gasteiger partial charge in [0.05, 0.1) is 13.7 Å². The molecule has 11 aromatic rings. The van der Waals surface area contributed by atoms with Crippen LogP contribution < -0.4 is 14.5 Å². The summed E-state index contributed by atoms with van der Waals surface area (Å²) in [6, 6.07) is 37.3. The van der Waals surface area contributed by atoms with Crippen LogP contribution in [0.3, 0.4) is 0 Å². The minimum Gasteiger partial charge on any atom is -0.509 e. The summed E-state index contributed by atoms with van der Waals surface area (Å²) < 4.78 is 103. The van der Waals surface area contributed by atoms with Gasteiger partial charge in [-0.25, -0.2) is 4.98 Å². The largest absolute Gasteiger partial charge is 0.509 e. The van der Waals surface area contributed by atoms with Gasteiger partial charge >= 0.3 is 0 Å². The summed E-state index contributed by atoms with van der Waals surface area (Å²) in [5.74, 6) is 1.53. The molecule has 0 spiro atoms. The fraction of sp³-hybridized carbons (Fsp3) is 0.0357. The minimum absolute atomic E-state index is 0. The maximum atomic E-state index is 9.14. The molecule has 0 unspecified atom stereocenters. The van der Waals surface area contributed by atoms with Gasteiger partial charge in [-0.1, -0.05) is 121 Å². The van der Waals surface area contributed by atoms with Crippen molar-refractivity contribution in [1.82, 2.24) is 9.55 Å². The number of pyridine rings is 1. The second-order valence-corrected chi connectivity index (χ2v) is 15.1. The quantitative estimate of drug-likeness (QED) is 0.149. The Morgan fingerprint density at radius 1 is 0.603 bits per heavy atom. The van der Waals surface area contributed by atoms with Crippen molar-refractivity contribution in [2.45, 2.75) is 13.8 Å². The van der Waals surface area contributed by atoms with E-state index in [4.69, 9.17) is 27.8 Å². The molecular weight excluding hydrogens is 956 g/mol. The fourth-order valence-electron chi connectivity index (χ4n) is 8.38. The molecule has 0 atom stereocenters. The Morgan fingerprint density at radius 3 is 2.05 bits per heavy atom. The molecule has 8 aromatic carbocycles. The Morgan fingerprint density at radius 2 is 1.29 bits per heavy atom. The first-order valence-corrected chi connectivity index (χ1v) is 20.0. The topological polar surface area (TPSA) is 46.7 Å². The molecule has 0 amide bonds. The zero-order valence-corrected chi connectivity index (χ0v) is 35.8. The third kappa shape index (κ3) is 6.49. The van der Waals surface area contributed by atoms with Crippen molar-refractivity contribution in [1.29, 1.82) is 0 Å². The Hall–Kier alpha value is -7.40. The molecule has 0 fully saturated rings. The molecule has 0 saturated heterocycles. The van der Waals surface area contributed by atoms with Crippen LogP contribution in [0.15, 0.2) is 186 Å². The predicted octanol–water partition coefficient (Wildman–Crippen LogP) is 14.8. The molecule has 0 aliphatic carbocycles. The number of furan rings is 1. The first kappa shape index (κ1) is 29.0. The first-order valence-electron chi connectivity index (χ1n) is 25.0. The number of ether oxygens (including phenoxy) is 1. The minimum atomic E-state index is -0.577. The number of anilines is 4. The average Bonchev–Trinajstić information content (AvgIpc) is 4.05. The molecule has 3 aromatic heterocycles. The Kier molecular flexibility index (Phi) is 7.13. The van der Waals surface area contributed by atoms with Crippen LogP contribution in [0.4, 0.5) is 22.7 Å². The maximum Gasteiger partial charge on any atom is 0.137 e. The van der Waals surface area contributed by atoms with Crippen molar-refractivity contribution < 1.29 is 43.9 Å². The van der Waals surface area contributed by atoms with Crippen molar-refractivity contribution in [3.8, 4) is 39.6 Å². The molecule has 0 radical (unpaired) electrons. The molecule has 0 N–H and O–H groups in total. The molecule has 12 rings (SSSR count). The van der Waals surface area contributed by atoms with E-state index < -0.39 is 60.4 Å². The number of fused-ring (bicyclic) bond motifs is 7. The molecule has 4 heterocycles. The molecule has 0 saturated carbocycles. The van der Waals surface area contributed by atoms with E-state index in [1.54, 1.807) is 35.8 Å². The summed E-state index contributed by atoms with van der Waals surface area (Å²) in [6.45, 7) is 5.83. The zero-order valence-electron chi connectivity index (χ0n) is 43.5. The third-order valence-corrected chi connectivity index (χ3v) is 11.4. The molecular formula is C56H37N4O2Pt-3. The van der Waals surface area contributed by atoms with Crippen LogP contribution in [0.25, 0.3) is 71.8 Å². The first-order chi connectivity index (χ1) is 34.7. The second kappa shape index (κ2) is 15.5. The number of aryl methyl sites for hydroxylation is 2. The number of nitrogens with zero attached hydrogens (tertiary/aromatic N) is 4. The number of benzene rings is 8. The van der Waals surface area contributed by atoms with Crippen LogP contribution >= 0.6 is 0 Å². The standard InChI is InChI=1S/C56H37N4O2.Pt/c1-36-29-55(57-34-37(36)2)60-49-25-11-9-21-45(49)46-28-27-42(31-50(46)60)61-41-20-13-19-40(30-41)58-35-59(51-32-48-47-22-10-12-26-53(47)62-54(48)33-52(51)58)56-43(38-15-5-3-6-16-38)23-14-24-44(56)39-17-7-4-8-18-39;/h3-29,32-35H,1-2H3;/q-3;/i3D,4D,5D,6D,7D,8D,15D,16D,17D,18D;. The summed E-state index contributed by atoms with van der Waals surface area (Å²) in [5.41, 5.74) is 6.96. The zero-order chi connectivity index (χ0) is 50.0. The van der Waals surface area contributed by atoms with Crippen LogP contribution in [0.5, 0.6) is 11.5 Å². The summed E-state index contributed by atoms with van der Waals surface area (Å²) in [6.07, 6.45) is 1.87. The number of rotatable bonds is 7. The fourth-order valence-corrected chi connectivity index (χ4v) is 8.38. The van der Waals surface area contributed by atoms with Crippen LogP contribution in [-0.2, 0) is 21.1 Å². The second-order valence-electron chi connectivity index (χ2n) is 15.1. The molecule has 306 valence electrons. The average molecular weight is 1000 g/mol. The third-order valence-electron chi connectivity index (χ3n) is 11.4. The van der Waals surface area contributed by atoms with Gasteiger partial charge in [-0.15, -0.1) is 48.1 Å². The molecule has 0 bridgehead atoms. The van der Waals surface area contributed by atoms with E-state index in [-0.39, 0.29) is 49.0 Å². The van der Waals surface area contributed by atoms with Crippen molar-refractivity contribution >= 4 is 66.5 Å². The van der Waals surface area contributed by atoms with Crippen LogP contribution in [0.2, 0.25) is 0 Å². The SMILES string of the molecule is [2H]c1c([2H])c([2H])c(-c2cccc(-c3c([2H])c([2H])c([2H])c([2H])c3[2H])c2N2[CH-]N(c3[c-]c(Oc4[c-]c5c(cc4)c4ccccc4n5-c4cc(C)c(C)cn4)ccc3)c3cc4oc5ccccc5c4cc32)c([2H])c1[2H].[Pt]. The van der Waals surface area contributed by atoms with Gasteiger partial charge in [0.15, 0.2) is 0 Å². The van der Waals surface area contributed by atoms with Crippen LogP contribution in [0, 0.1) is 32.6 Å². The van der Waals surface area contributed by atoms with E-state index in [9.17, 15) is 0 Å². The van der Waals surface area contributed by atoms with E-state index in [1.165, 1.54) is 0 Å². The van der Waals surface area contributed by atoms with Crippen molar-refractivity contribution in [3.63, 3.8) is 0 Å². The smallest absolute Gasteiger partial charge is 0.137 e. The van der Waals surface area contributed by atoms with Gasteiger partial charge in [0.1, 0.15) is 17.0 Å². The van der Waals surface area contributed by atoms with Gasteiger partial charge in [0.25, 0.3) is 0 Å². The van der Waals surface area contributed by atoms with Gasteiger partial charge in [0, 0.05) is 89.3 Å². The van der Waals surface area contributed by atoms with Crippen LogP contribution in [-0.4, -0.2) is 9.55 Å². The Bertz CT molecular complexity index is 3990. The summed E-state index contributed by atoms with van der Waals surface area (Å²) in [7, 11) is 0. The van der Waals surface area contributed by atoms with Crippen LogP contribution in [0.1, 0.15) is 24.8 Å². The Labute approximate surface area is 393 Å². The molecule has 1 aliphatic heterocycles. The van der Waals surface area contributed by atoms with Crippen molar-refractivity contribution in [3.05, 3.63) is 212 Å². The van der Waals surface area contributed by atoms with Gasteiger partial charge in [-0.05, 0) is 65.8 Å². The number of hydrogen-bond acceptors (Lipinski definition) is 5. The van der Waals surface area contributed by atoms with E-state index >= 15 is 0 Å². The number of aromatic nitrogens is 2. The van der Waals surface area contributed by atoms with E-state index in [2.05, 4.69) is 41.8 Å². The Balaban J connectivity index is 0.00000574. The molecule has 63 heavy (non-hydrogen) atoms. The predicted molar refractivity (Wildman–Crippen MR) is 252 cm³/mol. The van der Waals surface area contributed by atoms with Gasteiger partial charge < -0.3 is 23.5 Å². The van der Waals surface area contributed by atoms with Gasteiger partial charge in [0.2, 0.25) is 0 Å². The van der Waals surface area contributed by atoms with Crippen molar-refractivity contribution in [2.75, 3.05) is 9.80 Å². The number of para-hydroxylation sites is 3. The maximum absolute atomic E-state index is 9.14.